The molecule has 2 heterocycles. The minimum absolute atomic E-state index is 0.191. The summed E-state index contributed by atoms with van der Waals surface area (Å²) in [6.07, 6.45) is 9.06. The number of para-hydroxylation sites is 1. The zero-order valence-electron chi connectivity index (χ0n) is 33.7. The van der Waals surface area contributed by atoms with E-state index in [1.54, 1.807) is 0 Å². The van der Waals surface area contributed by atoms with E-state index in [2.05, 4.69) is 217 Å². The van der Waals surface area contributed by atoms with Gasteiger partial charge < -0.3 is 4.90 Å². The fraction of sp³-hybridized carbons (Fsp3) is 0.0508. The molecule has 0 amide bonds. The summed E-state index contributed by atoms with van der Waals surface area (Å²) in [5.41, 5.74) is 19.4. The highest BCUT2D eigenvalue weighted by Gasteiger charge is 2.51. The van der Waals surface area contributed by atoms with Gasteiger partial charge >= 0.3 is 0 Å². The smallest absolute Gasteiger partial charge is 0.0979 e. The van der Waals surface area contributed by atoms with Crippen molar-refractivity contribution in [2.45, 2.75) is 17.4 Å². The van der Waals surface area contributed by atoms with Crippen LogP contribution in [-0.4, -0.2) is 16.0 Å². The topological polar surface area (TPSA) is 29.0 Å². The fourth-order valence-electron chi connectivity index (χ4n) is 11.7. The SMILES string of the molecule is C1=CC2c3ccccc3N(c3cccc(-c4nc5c6ccccc6c6ccccc6c5nc4-c4ccc5c(c4)C4(c6ccccc6-c6ccccc64)c4ccccc4-5)c3)C2C=C1. The molecule has 3 nitrogen and oxygen atoms in total. The van der Waals surface area contributed by atoms with Crippen molar-refractivity contribution in [1.82, 2.24) is 9.97 Å². The summed E-state index contributed by atoms with van der Waals surface area (Å²) >= 11 is 0. The van der Waals surface area contributed by atoms with E-state index in [4.69, 9.17) is 9.97 Å². The number of allylic oxidation sites excluding steroid dienone is 2. The van der Waals surface area contributed by atoms with Crippen molar-refractivity contribution in [3.8, 4) is 44.8 Å². The first kappa shape index (κ1) is 33.9. The molecular formula is C59H37N3. The molecule has 14 rings (SSSR count). The molecule has 1 aromatic heterocycles. The van der Waals surface area contributed by atoms with E-state index in [-0.39, 0.29) is 6.04 Å². The van der Waals surface area contributed by atoms with Gasteiger partial charge in [-0.3, -0.25) is 0 Å². The molecule has 62 heavy (non-hydrogen) atoms. The number of fused-ring (bicyclic) bond motifs is 19. The Hall–Kier alpha value is -7.88. The molecule has 288 valence electrons. The molecule has 3 heteroatoms. The molecule has 3 aliphatic carbocycles. The maximum Gasteiger partial charge on any atom is 0.0979 e. The van der Waals surface area contributed by atoms with Crippen molar-refractivity contribution >= 4 is 44.0 Å². The summed E-state index contributed by atoms with van der Waals surface area (Å²) in [6.45, 7) is 0. The quantitative estimate of drug-likeness (QED) is 0.167. The van der Waals surface area contributed by atoms with Crippen molar-refractivity contribution in [2.24, 2.45) is 0 Å². The first-order chi connectivity index (χ1) is 30.8. The average molecular weight is 788 g/mol. The van der Waals surface area contributed by atoms with E-state index in [0.29, 0.717) is 5.92 Å². The van der Waals surface area contributed by atoms with Crippen LogP contribution < -0.4 is 4.90 Å². The lowest BCUT2D eigenvalue weighted by Gasteiger charge is -2.30. The van der Waals surface area contributed by atoms with Crippen molar-refractivity contribution in [1.29, 1.82) is 0 Å². The molecule has 0 fully saturated rings. The summed E-state index contributed by atoms with van der Waals surface area (Å²) in [5.74, 6) is 0.296. The Morgan fingerprint density at radius 3 is 1.56 bits per heavy atom. The second-order valence-electron chi connectivity index (χ2n) is 17.1. The third-order valence-electron chi connectivity index (χ3n) is 14.2. The standard InChI is InChI=1S/C59H37N3/c1-3-25-47-39(18-1)40-19-2-4-26-48(40)58-57(47)60-55(36-16-15-17-38(34-36)62-53-30-13-8-23-45(53)46-24-9-14-31-54(46)62)56(61-58)37-32-33-44-43-22-7-12-29-51(43)59(52(44)35-37)49-27-10-5-20-41(49)42-21-6-11-28-50(42)59/h1-35,45,53H. The second kappa shape index (κ2) is 12.6. The molecule has 0 saturated heterocycles. The highest BCUT2D eigenvalue weighted by molar-refractivity contribution is 6.23. The van der Waals surface area contributed by atoms with Gasteiger partial charge in [-0.25, -0.2) is 9.97 Å². The number of aromatic nitrogens is 2. The maximum absolute atomic E-state index is 5.81. The lowest BCUT2D eigenvalue weighted by molar-refractivity contribution is 0.745. The van der Waals surface area contributed by atoms with Gasteiger partial charge in [0.05, 0.1) is 33.9 Å². The van der Waals surface area contributed by atoms with Gasteiger partial charge in [0.1, 0.15) is 0 Å². The Balaban J connectivity index is 1.06. The molecule has 10 aromatic rings. The maximum atomic E-state index is 5.81. The minimum Gasteiger partial charge on any atom is -0.333 e. The highest BCUT2D eigenvalue weighted by Crippen LogP contribution is 2.63. The van der Waals surface area contributed by atoms with Gasteiger partial charge in [0.25, 0.3) is 0 Å². The Kier molecular flexibility index (Phi) is 6.88. The number of nitrogens with zero attached hydrogens (tertiary/aromatic N) is 3. The van der Waals surface area contributed by atoms with E-state index in [0.717, 1.165) is 50.0 Å². The Bertz CT molecular complexity index is 3570. The van der Waals surface area contributed by atoms with Crippen LogP contribution in [0.2, 0.25) is 0 Å². The Morgan fingerprint density at radius 1 is 0.403 bits per heavy atom. The number of rotatable bonds is 3. The van der Waals surface area contributed by atoms with Gasteiger partial charge in [-0.2, -0.15) is 0 Å². The molecule has 0 saturated carbocycles. The predicted molar refractivity (Wildman–Crippen MR) is 255 cm³/mol. The van der Waals surface area contributed by atoms with Crippen molar-refractivity contribution < 1.29 is 0 Å². The first-order valence-electron chi connectivity index (χ1n) is 21.7. The molecule has 1 aliphatic heterocycles. The summed E-state index contributed by atoms with van der Waals surface area (Å²) < 4.78 is 0. The summed E-state index contributed by atoms with van der Waals surface area (Å²) in [5, 5.41) is 4.58. The zero-order valence-corrected chi connectivity index (χ0v) is 33.7. The van der Waals surface area contributed by atoms with E-state index >= 15 is 0 Å². The molecule has 0 radical (unpaired) electrons. The number of anilines is 2. The van der Waals surface area contributed by atoms with Crippen LogP contribution in [0.3, 0.4) is 0 Å². The van der Waals surface area contributed by atoms with Gasteiger partial charge in [0, 0.05) is 39.2 Å². The number of hydrogen-bond donors (Lipinski definition) is 0. The third-order valence-corrected chi connectivity index (χ3v) is 14.2. The monoisotopic (exact) mass is 787 g/mol. The normalized spacial score (nSPS) is 17.0. The average Bonchev–Trinajstić information content (AvgIpc) is 3.95. The first-order valence-corrected chi connectivity index (χ1v) is 21.7. The molecule has 4 aliphatic rings. The van der Waals surface area contributed by atoms with Gasteiger partial charge in [-0.15, -0.1) is 0 Å². The Morgan fingerprint density at radius 2 is 0.919 bits per heavy atom. The molecule has 9 aromatic carbocycles. The van der Waals surface area contributed by atoms with Gasteiger partial charge in [-0.1, -0.05) is 188 Å². The summed E-state index contributed by atoms with van der Waals surface area (Å²) in [7, 11) is 0. The van der Waals surface area contributed by atoms with Gasteiger partial charge in [-0.05, 0) is 85.1 Å². The number of hydrogen-bond acceptors (Lipinski definition) is 3. The largest absolute Gasteiger partial charge is 0.333 e. The zero-order chi connectivity index (χ0) is 40.5. The molecular weight excluding hydrogens is 751 g/mol. The minimum atomic E-state index is -0.468. The molecule has 2 atom stereocenters. The van der Waals surface area contributed by atoms with Crippen molar-refractivity contribution in [3.63, 3.8) is 0 Å². The molecule has 0 bridgehead atoms. The van der Waals surface area contributed by atoms with Crippen LogP contribution in [-0.2, 0) is 5.41 Å². The van der Waals surface area contributed by atoms with E-state index in [1.165, 1.54) is 66.5 Å². The summed E-state index contributed by atoms with van der Waals surface area (Å²) in [4.78, 5) is 14.1. The lowest BCUT2D eigenvalue weighted by atomic mass is 9.70. The van der Waals surface area contributed by atoms with Crippen LogP contribution in [0, 0.1) is 0 Å². The predicted octanol–water partition coefficient (Wildman–Crippen LogP) is 14.3. The van der Waals surface area contributed by atoms with E-state index in [9.17, 15) is 0 Å². The fourth-order valence-corrected chi connectivity index (χ4v) is 11.7. The lowest BCUT2D eigenvalue weighted by Crippen LogP contribution is -2.28. The molecule has 0 N–H and O–H groups in total. The van der Waals surface area contributed by atoms with Crippen LogP contribution in [0.4, 0.5) is 11.4 Å². The van der Waals surface area contributed by atoms with Crippen LogP contribution in [0.5, 0.6) is 0 Å². The van der Waals surface area contributed by atoms with Crippen molar-refractivity contribution in [2.75, 3.05) is 4.90 Å². The van der Waals surface area contributed by atoms with Crippen LogP contribution >= 0.6 is 0 Å². The second-order valence-corrected chi connectivity index (χ2v) is 17.1. The highest BCUT2D eigenvalue weighted by atomic mass is 15.2. The molecule has 2 unspecified atom stereocenters. The third kappa shape index (κ3) is 4.39. The van der Waals surface area contributed by atoms with Crippen LogP contribution in [0.25, 0.3) is 77.3 Å². The Labute approximate surface area is 359 Å². The van der Waals surface area contributed by atoms with Crippen LogP contribution in [0.1, 0.15) is 33.7 Å². The van der Waals surface area contributed by atoms with Crippen LogP contribution in [0.15, 0.2) is 212 Å². The summed E-state index contributed by atoms with van der Waals surface area (Å²) in [6, 6.07) is 69.5. The van der Waals surface area contributed by atoms with Crippen molar-refractivity contribution in [3.05, 3.63) is 240 Å². The number of benzene rings is 9. The van der Waals surface area contributed by atoms with E-state index in [1.807, 2.05) is 0 Å². The molecule has 1 spiro atoms. The van der Waals surface area contributed by atoms with Gasteiger partial charge in [0.15, 0.2) is 0 Å². The van der Waals surface area contributed by atoms with E-state index < -0.39 is 5.41 Å². The van der Waals surface area contributed by atoms with Gasteiger partial charge in [0.2, 0.25) is 0 Å².